The highest BCUT2D eigenvalue weighted by molar-refractivity contribution is 5.61. The number of hydrogen-bond acceptors (Lipinski definition) is 3. The van der Waals surface area contributed by atoms with E-state index in [0.717, 1.165) is 22.6 Å². The Balaban J connectivity index is 1.97. The number of nitrogens with zero attached hydrogens (tertiary/aromatic N) is 1. The van der Waals surface area contributed by atoms with E-state index in [1.165, 1.54) is 0 Å². The van der Waals surface area contributed by atoms with E-state index >= 15 is 0 Å². The zero-order valence-corrected chi connectivity index (χ0v) is 10.5. The maximum Gasteiger partial charge on any atom is 0.226 e. The first-order valence-corrected chi connectivity index (χ1v) is 6.02. The van der Waals surface area contributed by atoms with Crippen LogP contribution in [0.2, 0.25) is 0 Å². The van der Waals surface area contributed by atoms with Crippen LogP contribution in [0.4, 0.5) is 0 Å². The number of rotatable bonds is 3. The molecule has 19 heavy (non-hydrogen) atoms. The minimum absolute atomic E-state index is 0.595. The van der Waals surface area contributed by atoms with E-state index in [9.17, 15) is 0 Å². The average molecular weight is 251 g/mol. The van der Waals surface area contributed by atoms with Gasteiger partial charge in [-0.05, 0) is 18.2 Å². The van der Waals surface area contributed by atoms with Crippen LogP contribution in [0.3, 0.4) is 0 Å². The van der Waals surface area contributed by atoms with Crippen LogP contribution in [0.25, 0.3) is 22.8 Å². The lowest BCUT2D eigenvalue weighted by molar-refractivity contribution is 0.415. The van der Waals surface area contributed by atoms with Gasteiger partial charge in [-0.1, -0.05) is 36.4 Å². The topological polar surface area (TPSA) is 35.3 Å². The molecule has 3 aromatic rings. The zero-order chi connectivity index (χ0) is 13.1. The van der Waals surface area contributed by atoms with Crippen LogP contribution in [-0.4, -0.2) is 12.1 Å². The lowest BCUT2D eigenvalue weighted by Crippen LogP contribution is -1.83. The molecule has 0 saturated heterocycles. The summed E-state index contributed by atoms with van der Waals surface area (Å²) in [5.74, 6) is 2.15. The lowest BCUT2D eigenvalue weighted by atomic mass is 10.2. The Morgan fingerprint density at radius 2 is 1.74 bits per heavy atom. The second-order valence-electron chi connectivity index (χ2n) is 4.13. The Kier molecular flexibility index (Phi) is 3.02. The largest absolute Gasteiger partial charge is 0.497 e. The van der Waals surface area contributed by atoms with Crippen LogP contribution in [-0.2, 0) is 0 Å². The van der Waals surface area contributed by atoms with Gasteiger partial charge < -0.3 is 9.15 Å². The van der Waals surface area contributed by atoms with Crippen molar-refractivity contribution in [3.8, 4) is 28.5 Å². The Morgan fingerprint density at radius 3 is 2.53 bits per heavy atom. The summed E-state index contributed by atoms with van der Waals surface area (Å²) >= 11 is 0. The number of aromatic nitrogens is 1. The number of ether oxygens (including phenoxy) is 1. The van der Waals surface area contributed by atoms with Gasteiger partial charge in [0, 0.05) is 11.1 Å². The Morgan fingerprint density at radius 1 is 0.947 bits per heavy atom. The molecular formula is C16H13NO2. The molecule has 0 unspecified atom stereocenters. The molecule has 0 fully saturated rings. The van der Waals surface area contributed by atoms with Crippen molar-refractivity contribution in [2.24, 2.45) is 0 Å². The first-order valence-electron chi connectivity index (χ1n) is 6.02. The second kappa shape index (κ2) is 4.98. The van der Waals surface area contributed by atoms with Crippen molar-refractivity contribution in [3.63, 3.8) is 0 Å². The Labute approximate surface area is 111 Å². The van der Waals surface area contributed by atoms with Crippen molar-refractivity contribution in [2.75, 3.05) is 7.11 Å². The fraction of sp³-hybridized carbons (Fsp3) is 0.0625. The molecule has 3 heteroatoms. The quantitative estimate of drug-likeness (QED) is 0.705. The molecule has 0 radical (unpaired) electrons. The van der Waals surface area contributed by atoms with Crippen molar-refractivity contribution in [3.05, 3.63) is 60.8 Å². The van der Waals surface area contributed by atoms with E-state index in [1.807, 2.05) is 54.6 Å². The van der Waals surface area contributed by atoms with Gasteiger partial charge in [0.05, 0.1) is 13.3 Å². The maximum atomic E-state index is 5.79. The maximum absolute atomic E-state index is 5.79. The first kappa shape index (κ1) is 11.5. The molecule has 0 bridgehead atoms. The van der Waals surface area contributed by atoms with Crippen LogP contribution in [0.5, 0.6) is 5.75 Å². The van der Waals surface area contributed by atoms with Crippen LogP contribution in [0, 0.1) is 0 Å². The molecule has 0 N–H and O–H groups in total. The summed E-state index contributed by atoms with van der Waals surface area (Å²) in [4.78, 5) is 4.32. The number of oxazole rings is 1. The second-order valence-corrected chi connectivity index (χ2v) is 4.13. The zero-order valence-electron chi connectivity index (χ0n) is 10.5. The lowest BCUT2D eigenvalue weighted by Gasteiger charge is -2.00. The first-order chi connectivity index (χ1) is 9.36. The highest BCUT2D eigenvalue weighted by Crippen LogP contribution is 2.27. The molecule has 0 aliphatic carbocycles. The fourth-order valence-corrected chi connectivity index (χ4v) is 1.90. The molecule has 0 aliphatic rings. The van der Waals surface area contributed by atoms with Gasteiger partial charge in [0.2, 0.25) is 5.89 Å². The molecule has 3 rings (SSSR count). The molecule has 0 aliphatic heterocycles. The normalized spacial score (nSPS) is 10.4. The molecule has 1 aromatic heterocycles. The summed E-state index contributed by atoms with van der Waals surface area (Å²) in [6.07, 6.45) is 1.74. The van der Waals surface area contributed by atoms with Gasteiger partial charge in [-0.3, -0.25) is 0 Å². The van der Waals surface area contributed by atoms with Crippen LogP contribution >= 0.6 is 0 Å². The molecular weight excluding hydrogens is 238 g/mol. The van der Waals surface area contributed by atoms with Gasteiger partial charge in [0.15, 0.2) is 5.76 Å². The molecule has 1 heterocycles. The minimum atomic E-state index is 0.595. The monoisotopic (exact) mass is 251 g/mol. The molecule has 94 valence electrons. The molecule has 0 atom stereocenters. The van der Waals surface area contributed by atoms with E-state index < -0.39 is 0 Å². The molecule has 2 aromatic carbocycles. The van der Waals surface area contributed by atoms with Gasteiger partial charge in [-0.15, -0.1) is 0 Å². The van der Waals surface area contributed by atoms with Crippen molar-refractivity contribution in [1.29, 1.82) is 0 Å². The van der Waals surface area contributed by atoms with Crippen LogP contribution in [0.15, 0.2) is 65.2 Å². The van der Waals surface area contributed by atoms with Crippen LogP contribution in [0.1, 0.15) is 0 Å². The van der Waals surface area contributed by atoms with E-state index in [2.05, 4.69) is 4.98 Å². The van der Waals surface area contributed by atoms with Gasteiger partial charge in [-0.25, -0.2) is 4.98 Å². The van der Waals surface area contributed by atoms with Crippen LogP contribution < -0.4 is 4.74 Å². The predicted octanol–water partition coefficient (Wildman–Crippen LogP) is 4.02. The SMILES string of the molecule is COc1cccc(-c2ncc(-c3ccccc3)o2)c1. The van der Waals surface area contributed by atoms with Gasteiger partial charge in [-0.2, -0.15) is 0 Å². The highest BCUT2D eigenvalue weighted by Gasteiger charge is 2.08. The average Bonchev–Trinajstić information content (AvgIpc) is 2.98. The summed E-state index contributed by atoms with van der Waals surface area (Å²) < 4.78 is 11.0. The Bertz CT molecular complexity index is 674. The summed E-state index contributed by atoms with van der Waals surface area (Å²) in [5, 5.41) is 0. The number of benzene rings is 2. The van der Waals surface area contributed by atoms with E-state index in [-0.39, 0.29) is 0 Å². The summed E-state index contributed by atoms with van der Waals surface area (Å²) in [6.45, 7) is 0. The van der Waals surface area contributed by atoms with Crippen molar-refractivity contribution < 1.29 is 9.15 Å². The molecule has 3 nitrogen and oxygen atoms in total. The predicted molar refractivity (Wildman–Crippen MR) is 73.9 cm³/mol. The summed E-state index contributed by atoms with van der Waals surface area (Å²) in [7, 11) is 1.64. The van der Waals surface area contributed by atoms with E-state index in [1.54, 1.807) is 13.3 Å². The minimum Gasteiger partial charge on any atom is -0.497 e. The molecule has 0 saturated carbocycles. The van der Waals surface area contributed by atoms with Gasteiger partial charge in [0.1, 0.15) is 5.75 Å². The number of hydrogen-bond donors (Lipinski definition) is 0. The third-order valence-electron chi connectivity index (χ3n) is 2.88. The third kappa shape index (κ3) is 2.36. The van der Waals surface area contributed by atoms with E-state index in [4.69, 9.17) is 9.15 Å². The number of methoxy groups -OCH3 is 1. The van der Waals surface area contributed by atoms with Gasteiger partial charge >= 0.3 is 0 Å². The third-order valence-corrected chi connectivity index (χ3v) is 2.88. The summed E-state index contributed by atoms with van der Waals surface area (Å²) in [6, 6.07) is 17.6. The Hall–Kier alpha value is -2.55. The van der Waals surface area contributed by atoms with Crippen molar-refractivity contribution in [2.45, 2.75) is 0 Å². The summed E-state index contributed by atoms with van der Waals surface area (Å²) in [5.41, 5.74) is 1.92. The standard InChI is InChI=1S/C16H13NO2/c1-18-14-9-5-8-13(10-14)16-17-11-15(19-16)12-6-3-2-4-7-12/h2-11H,1H3. The van der Waals surface area contributed by atoms with Crippen molar-refractivity contribution in [1.82, 2.24) is 4.98 Å². The van der Waals surface area contributed by atoms with Crippen molar-refractivity contribution >= 4 is 0 Å². The molecule has 0 spiro atoms. The fourth-order valence-electron chi connectivity index (χ4n) is 1.90. The smallest absolute Gasteiger partial charge is 0.226 e. The van der Waals surface area contributed by atoms with Gasteiger partial charge in [0.25, 0.3) is 0 Å². The molecule has 0 amide bonds. The van der Waals surface area contributed by atoms with E-state index in [0.29, 0.717) is 5.89 Å². The highest BCUT2D eigenvalue weighted by atomic mass is 16.5.